The average Bonchev–Trinajstić information content (AvgIpc) is 2.35. The van der Waals surface area contributed by atoms with E-state index in [4.69, 9.17) is 0 Å². The predicted molar refractivity (Wildman–Crippen MR) is 83.5 cm³/mol. The fourth-order valence-electron chi connectivity index (χ4n) is 0.200. The van der Waals surface area contributed by atoms with Gasteiger partial charge in [-0.2, -0.15) is 0 Å². The maximum Gasteiger partial charge on any atom is 0.330 e. The molecule has 0 aliphatic rings. The highest BCUT2D eigenvalue weighted by molar-refractivity contribution is 5.85. The number of Topliss-reactive ketones (excluding diaryl/α,β-unsaturated/α-hetero) is 2. The van der Waals surface area contributed by atoms with Crippen LogP contribution >= 0.6 is 0 Å². The van der Waals surface area contributed by atoms with E-state index in [2.05, 4.69) is 30.2 Å². The second-order valence-corrected chi connectivity index (χ2v) is 3.55. The average molecular weight is 299 g/mol. The first-order valence-corrected chi connectivity index (χ1v) is 5.81. The number of hydrogen-bond acceptors (Lipinski definition) is 5. The normalized spacial score (nSPS) is 6.86. The van der Waals surface area contributed by atoms with E-state index in [1.165, 1.54) is 33.8 Å². The van der Waals surface area contributed by atoms with Crippen LogP contribution in [0.25, 0.3) is 0 Å². The molecular formula is C15H25NO5. The molecule has 0 aromatic rings. The minimum absolute atomic E-state index is 0.167. The summed E-state index contributed by atoms with van der Waals surface area (Å²) < 4.78 is 4.47. The van der Waals surface area contributed by atoms with Crippen molar-refractivity contribution < 1.29 is 23.9 Å². The fourth-order valence-corrected chi connectivity index (χ4v) is 0.200. The molecule has 0 aromatic carbocycles. The van der Waals surface area contributed by atoms with Gasteiger partial charge >= 0.3 is 5.97 Å². The molecule has 0 radical (unpaired) electrons. The van der Waals surface area contributed by atoms with Crippen molar-refractivity contribution in [1.82, 2.24) is 0 Å². The summed E-state index contributed by atoms with van der Waals surface area (Å²) in [4.78, 5) is 38.5. The van der Waals surface area contributed by atoms with E-state index in [1.54, 1.807) is 0 Å². The van der Waals surface area contributed by atoms with Crippen molar-refractivity contribution in [2.24, 2.45) is 5.73 Å². The Balaban J connectivity index is -0.0000000970. The van der Waals surface area contributed by atoms with Crippen LogP contribution in [0.15, 0.2) is 38.0 Å². The highest BCUT2D eigenvalue weighted by atomic mass is 16.5. The minimum Gasteiger partial charge on any atom is -0.458 e. The number of esters is 1. The van der Waals surface area contributed by atoms with Gasteiger partial charge in [-0.3, -0.25) is 4.79 Å². The van der Waals surface area contributed by atoms with E-state index in [0.717, 1.165) is 12.2 Å². The molecule has 0 aliphatic heterocycles. The van der Waals surface area contributed by atoms with Gasteiger partial charge in [-0.25, -0.2) is 4.79 Å². The van der Waals surface area contributed by atoms with E-state index in [9.17, 15) is 19.2 Å². The van der Waals surface area contributed by atoms with Gasteiger partial charge in [-0.05, 0) is 33.8 Å². The number of hydrogen-bond donors (Lipinski definition) is 1. The van der Waals surface area contributed by atoms with Crippen molar-refractivity contribution >= 4 is 23.4 Å². The first-order chi connectivity index (χ1) is 9.54. The Morgan fingerprint density at radius 1 is 0.905 bits per heavy atom. The molecule has 0 saturated carbocycles. The van der Waals surface area contributed by atoms with Crippen LogP contribution in [0.1, 0.15) is 27.7 Å². The lowest BCUT2D eigenvalue weighted by Gasteiger charge is -1.92. The Hall–Kier alpha value is -2.50. The van der Waals surface area contributed by atoms with E-state index in [-0.39, 0.29) is 18.2 Å². The standard InChI is InChI=1S/C6H8O2.C3H5NO.2C3H6O/c1-3-5-8-6(7)4-2;1-2-3(4)5;2*1-3(2)4/h3-4H,1-2,5H2;2H,1H2,(H2,4,5);2*1-2H3. The van der Waals surface area contributed by atoms with Crippen molar-refractivity contribution in [3.63, 3.8) is 0 Å². The molecule has 0 aromatic heterocycles. The molecule has 0 atom stereocenters. The SMILES string of the molecule is C=CC(N)=O.C=CCOC(=O)C=C.CC(C)=O.CC(C)=O. The molecule has 21 heavy (non-hydrogen) atoms. The number of amides is 1. The van der Waals surface area contributed by atoms with Gasteiger partial charge in [0.05, 0.1) is 0 Å². The van der Waals surface area contributed by atoms with Gasteiger partial charge in [0.1, 0.15) is 18.2 Å². The Labute approximate surface area is 126 Å². The van der Waals surface area contributed by atoms with E-state index in [0.29, 0.717) is 0 Å². The van der Waals surface area contributed by atoms with Crippen LogP contribution in [0.3, 0.4) is 0 Å². The quantitative estimate of drug-likeness (QED) is 0.484. The third kappa shape index (κ3) is 139. The zero-order valence-corrected chi connectivity index (χ0v) is 13.2. The number of ketones is 2. The van der Waals surface area contributed by atoms with Gasteiger partial charge in [-0.1, -0.05) is 25.8 Å². The summed E-state index contributed by atoms with van der Waals surface area (Å²) >= 11 is 0. The van der Waals surface area contributed by atoms with Gasteiger partial charge in [0.15, 0.2) is 0 Å². The Kier molecular flexibility index (Phi) is 29.1. The molecule has 0 aliphatic carbocycles. The van der Waals surface area contributed by atoms with Crippen LogP contribution < -0.4 is 5.73 Å². The predicted octanol–water partition coefficient (Wildman–Crippen LogP) is 1.75. The molecular weight excluding hydrogens is 274 g/mol. The zero-order chi connectivity index (χ0) is 17.8. The summed E-state index contributed by atoms with van der Waals surface area (Å²) in [5, 5.41) is 0. The smallest absolute Gasteiger partial charge is 0.330 e. The molecule has 6 heteroatoms. The molecule has 1 amide bonds. The van der Waals surface area contributed by atoms with Crippen molar-refractivity contribution in [2.45, 2.75) is 27.7 Å². The second-order valence-electron chi connectivity index (χ2n) is 3.55. The van der Waals surface area contributed by atoms with Crippen LogP contribution in [0.5, 0.6) is 0 Å². The van der Waals surface area contributed by atoms with Gasteiger partial charge in [0.25, 0.3) is 0 Å². The van der Waals surface area contributed by atoms with Gasteiger partial charge < -0.3 is 20.1 Å². The monoisotopic (exact) mass is 299 g/mol. The molecule has 6 nitrogen and oxygen atoms in total. The lowest BCUT2D eigenvalue weighted by atomic mass is 10.6. The molecule has 0 heterocycles. The first kappa shape index (κ1) is 26.9. The van der Waals surface area contributed by atoms with Crippen LogP contribution in [0.2, 0.25) is 0 Å². The largest absolute Gasteiger partial charge is 0.458 e. The number of nitrogens with two attached hydrogens (primary N) is 1. The molecule has 120 valence electrons. The number of rotatable bonds is 4. The maximum absolute atomic E-state index is 10.2. The number of primary amides is 1. The molecule has 0 spiro atoms. The number of carbonyl (C=O) groups excluding carboxylic acids is 4. The Morgan fingerprint density at radius 3 is 1.33 bits per heavy atom. The lowest BCUT2D eigenvalue weighted by molar-refractivity contribution is -0.136. The fraction of sp³-hybridized carbons (Fsp3) is 0.333. The van der Waals surface area contributed by atoms with E-state index in [1.807, 2.05) is 0 Å². The van der Waals surface area contributed by atoms with Crippen molar-refractivity contribution in [3.8, 4) is 0 Å². The summed E-state index contributed by atoms with van der Waals surface area (Å²) in [5.41, 5.74) is 4.53. The lowest BCUT2D eigenvalue weighted by Crippen LogP contribution is -2.04. The third-order valence-electron chi connectivity index (χ3n) is 0.711. The van der Waals surface area contributed by atoms with Crippen LogP contribution in [-0.2, 0) is 23.9 Å². The minimum atomic E-state index is -0.481. The number of carbonyl (C=O) groups is 4. The molecule has 2 N–H and O–H groups in total. The van der Waals surface area contributed by atoms with E-state index < -0.39 is 11.9 Å². The highest BCUT2D eigenvalue weighted by Gasteiger charge is 1.87. The van der Waals surface area contributed by atoms with Crippen molar-refractivity contribution in [3.05, 3.63) is 38.0 Å². The number of ether oxygens (including phenoxy) is 1. The molecule has 0 fully saturated rings. The van der Waals surface area contributed by atoms with Gasteiger partial charge in [-0.15, -0.1) is 0 Å². The third-order valence-corrected chi connectivity index (χ3v) is 0.711. The molecule has 0 unspecified atom stereocenters. The van der Waals surface area contributed by atoms with Crippen LogP contribution in [-0.4, -0.2) is 30.0 Å². The maximum atomic E-state index is 10.2. The van der Waals surface area contributed by atoms with Gasteiger partial charge in [0, 0.05) is 6.08 Å². The topological polar surface area (TPSA) is 104 Å². The summed E-state index contributed by atoms with van der Waals surface area (Å²) in [6.45, 7) is 16.0. The Morgan fingerprint density at radius 2 is 1.19 bits per heavy atom. The van der Waals surface area contributed by atoms with Crippen LogP contribution in [0.4, 0.5) is 0 Å². The second kappa shape index (κ2) is 22.7. The Bertz CT molecular complexity index is 339. The molecule has 0 rings (SSSR count). The van der Waals surface area contributed by atoms with Gasteiger partial charge in [0.2, 0.25) is 5.91 Å². The van der Waals surface area contributed by atoms with E-state index >= 15 is 0 Å². The van der Waals surface area contributed by atoms with Crippen molar-refractivity contribution in [2.75, 3.05) is 6.61 Å². The van der Waals surface area contributed by atoms with Crippen molar-refractivity contribution in [1.29, 1.82) is 0 Å². The highest BCUT2D eigenvalue weighted by Crippen LogP contribution is 1.77. The zero-order valence-electron chi connectivity index (χ0n) is 13.2. The summed E-state index contributed by atoms with van der Waals surface area (Å²) in [6.07, 6.45) is 3.67. The first-order valence-electron chi connectivity index (χ1n) is 5.81. The summed E-state index contributed by atoms with van der Waals surface area (Å²) in [7, 11) is 0. The summed E-state index contributed by atoms with van der Waals surface area (Å²) in [5.74, 6) is -0.560. The molecule has 0 bridgehead atoms. The summed E-state index contributed by atoms with van der Waals surface area (Å²) in [6, 6.07) is 0. The van der Waals surface area contributed by atoms with Crippen LogP contribution in [0, 0.1) is 0 Å². The molecule has 0 saturated heterocycles.